The lowest BCUT2D eigenvalue weighted by atomic mass is 10.2. The predicted molar refractivity (Wildman–Crippen MR) is 94.0 cm³/mol. The lowest BCUT2D eigenvalue weighted by Crippen LogP contribution is -2.50. The van der Waals surface area contributed by atoms with Crippen LogP contribution in [0.5, 0.6) is 0 Å². The van der Waals surface area contributed by atoms with Crippen molar-refractivity contribution in [2.75, 3.05) is 53.4 Å². The van der Waals surface area contributed by atoms with Crippen molar-refractivity contribution in [3.05, 3.63) is 0 Å². The molecule has 1 saturated carbocycles. The van der Waals surface area contributed by atoms with Crippen molar-refractivity contribution in [3.8, 4) is 0 Å². The molecule has 2 aliphatic heterocycles. The number of aliphatic imine (C=N–C) groups is 1. The topological polar surface area (TPSA) is 52.1 Å². The molecule has 0 aromatic heterocycles. The number of morpholine rings is 1. The summed E-state index contributed by atoms with van der Waals surface area (Å²) in [5, 5.41) is 7.04. The Morgan fingerprint density at radius 2 is 2.00 bits per heavy atom. The van der Waals surface area contributed by atoms with Crippen molar-refractivity contribution in [2.24, 2.45) is 4.99 Å². The molecule has 0 aromatic rings. The first-order valence-electron chi connectivity index (χ1n) is 9.26. The van der Waals surface area contributed by atoms with Crippen molar-refractivity contribution in [3.63, 3.8) is 0 Å². The number of guanidine groups is 1. The number of ether oxygens (including phenoxy) is 1. The maximum Gasteiger partial charge on any atom is 0.191 e. The molecule has 3 fully saturated rings. The van der Waals surface area contributed by atoms with E-state index in [0.717, 1.165) is 44.8 Å². The van der Waals surface area contributed by atoms with Crippen LogP contribution in [0.2, 0.25) is 0 Å². The minimum absolute atomic E-state index is 0.255. The highest BCUT2D eigenvalue weighted by atomic mass is 16.5. The fraction of sp³-hybridized carbons (Fsp3) is 0.941. The molecular formula is C17H33N5O. The fourth-order valence-corrected chi connectivity index (χ4v) is 4.09. The van der Waals surface area contributed by atoms with Crippen LogP contribution in [-0.4, -0.2) is 87.4 Å². The summed E-state index contributed by atoms with van der Waals surface area (Å²) in [7, 11) is 4.01. The van der Waals surface area contributed by atoms with Gasteiger partial charge in [-0.1, -0.05) is 12.8 Å². The summed E-state index contributed by atoms with van der Waals surface area (Å²) in [6.45, 7) is 6.06. The highest BCUT2D eigenvalue weighted by Gasteiger charge is 2.30. The molecular weight excluding hydrogens is 290 g/mol. The van der Waals surface area contributed by atoms with Crippen LogP contribution in [-0.2, 0) is 4.74 Å². The van der Waals surface area contributed by atoms with Gasteiger partial charge in [0, 0.05) is 51.9 Å². The smallest absolute Gasteiger partial charge is 0.191 e. The molecule has 2 atom stereocenters. The van der Waals surface area contributed by atoms with Gasteiger partial charge in [0.1, 0.15) is 0 Å². The van der Waals surface area contributed by atoms with Gasteiger partial charge in [-0.3, -0.25) is 9.89 Å². The molecule has 2 heterocycles. The Labute approximate surface area is 140 Å². The number of nitrogens with zero attached hydrogens (tertiary/aromatic N) is 3. The van der Waals surface area contributed by atoms with Crippen LogP contribution in [0.15, 0.2) is 4.99 Å². The fourth-order valence-electron chi connectivity index (χ4n) is 4.09. The van der Waals surface area contributed by atoms with Crippen LogP contribution >= 0.6 is 0 Å². The molecule has 2 unspecified atom stereocenters. The first kappa shape index (κ1) is 17.0. The molecule has 6 nitrogen and oxygen atoms in total. The third kappa shape index (κ3) is 4.81. The number of rotatable bonds is 4. The number of hydrogen-bond acceptors (Lipinski definition) is 4. The molecule has 132 valence electrons. The first-order chi connectivity index (χ1) is 11.2. The summed E-state index contributed by atoms with van der Waals surface area (Å²) in [6, 6.07) is 1.36. The van der Waals surface area contributed by atoms with Crippen LogP contribution in [0.4, 0.5) is 0 Å². The molecule has 0 radical (unpaired) electrons. The highest BCUT2D eigenvalue weighted by Crippen LogP contribution is 2.26. The van der Waals surface area contributed by atoms with Crippen LogP contribution in [0, 0.1) is 0 Å². The Balaban J connectivity index is 1.39. The van der Waals surface area contributed by atoms with E-state index < -0.39 is 0 Å². The molecule has 0 bridgehead atoms. The van der Waals surface area contributed by atoms with Gasteiger partial charge in [-0.2, -0.15) is 0 Å². The second-order valence-electron chi connectivity index (χ2n) is 7.27. The second kappa shape index (κ2) is 8.31. The van der Waals surface area contributed by atoms with Gasteiger partial charge < -0.3 is 20.3 Å². The average Bonchev–Trinajstić information content (AvgIpc) is 3.22. The summed E-state index contributed by atoms with van der Waals surface area (Å²) in [4.78, 5) is 9.38. The molecule has 3 rings (SSSR count). The Bertz CT molecular complexity index is 396. The number of hydrogen-bond donors (Lipinski definition) is 2. The van der Waals surface area contributed by atoms with Crippen LogP contribution in [0.25, 0.3) is 0 Å². The van der Waals surface area contributed by atoms with Gasteiger partial charge in [-0.05, 0) is 26.3 Å². The van der Waals surface area contributed by atoms with Crippen LogP contribution < -0.4 is 10.6 Å². The van der Waals surface area contributed by atoms with Gasteiger partial charge in [-0.25, -0.2) is 0 Å². The zero-order chi connectivity index (χ0) is 16.1. The van der Waals surface area contributed by atoms with Crippen molar-refractivity contribution in [1.29, 1.82) is 0 Å². The van der Waals surface area contributed by atoms with Crippen molar-refractivity contribution in [2.45, 2.75) is 50.3 Å². The molecule has 23 heavy (non-hydrogen) atoms. The number of likely N-dealkylation sites (N-methyl/N-ethyl adjacent to an activating group) is 1. The molecule has 0 aromatic carbocycles. The number of nitrogens with one attached hydrogen (secondary N) is 2. The van der Waals surface area contributed by atoms with E-state index >= 15 is 0 Å². The quantitative estimate of drug-likeness (QED) is 0.583. The molecule has 0 amide bonds. The maximum atomic E-state index is 5.80. The predicted octanol–water partition coefficient (Wildman–Crippen LogP) is 0.499. The average molecular weight is 323 g/mol. The third-order valence-electron chi connectivity index (χ3n) is 5.46. The van der Waals surface area contributed by atoms with Gasteiger partial charge in [0.2, 0.25) is 0 Å². The molecule has 2 saturated heterocycles. The zero-order valence-electron chi connectivity index (χ0n) is 14.8. The van der Waals surface area contributed by atoms with Gasteiger partial charge in [0.05, 0.1) is 12.7 Å². The SMILES string of the molecule is CN=C(NCC1CN(C)CCO1)NC1CCN(C2CCCC2)C1. The standard InChI is InChI=1S/C17H33N5O/c1-18-17(19-11-16-13-21(2)9-10-23-16)20-14-7-8-22(12-14)15-5-3-4-6-15/h14-16H,3-13H2,1-2H3,(H2,18,19,20). The van der Waals surface area contributed by atoms with Crippen molar-refractivity contribution >= 4 is 5.96 Å². The molecule has 1 aliphatic carbocycles. The van der Waals surface area contributed by atoms with Crippen LogP contribution in [0.1, 0.15) is 32.1 Å². The Morgan fingerprint density at radius 3 is 2.74 bits per heavy atom. The van der Waals surface area contributed by atoms with Gasteiger partial charge in [0.25, 0.3) is 0 Å². The maximum absolute atomic E-state index is 5.80. The first-order valence-corrected chi connectivity index (χ1v) is 9.26. The minimum atomic E-state index is 0.255. The van der Waals surface area contributed by atoms with E-state index in [0.29, 0.717) is 6.04 Å². The monoisotopic (exact) mass is 323 g/mol. The van der Waals surface area contributed by atoms with Crippen molar-refractivity contribution < 1.29 is 4.74 Å². The third-order valence-corrected chi connectivity index (χ3v) is 5.46. The van der Waals surface area contributed by atoms with E-state index in [-0.39, 0.29) is 6.10 Å². The summed E-state index contributed by atoms with van der Waals surface area (Å²) in [5.41, 5.74) is 0. The second-order valence-corrected chi connectivity index (χ2v) is 7.27. The lowest BCUT2D eigenvalue weighted by Gasteiger charge is -2.30. The largest absolute Gasteiger partial charge is 0.374 e. The van der Waals surface area contributed by atoms with Crippen molar-refractivity contribution in [1.82, 2.24) is 20.4 Å². The Kier molecular flexibility index (Phi) is 6.14. The highest BCUT2D eigenvalue weighted by molar-refractivity contribution is 5.80. The van der Waals surface area contributed by atoms with Gasteiger partial charge in [0.15, 0.2) is 5.96 Å². The van der Waals surface area contributed by atoms with E-state index in [1.807, 2.05) is 7.05 Å². The molecule has 0 spiro atoms. The minimum Gasteiger partial charge on any atom is -0.374 e. The van der Waals surface area contributed by atoms with E-state index in [4.69, 9.17) is 4.74 Å². The molecule has 6 heteroatoms. The summed E-state index contributed by atoms with van der Waals surface area (Å²) in [5.74, 6) is 0.917. The lowest BCUT2D eigenvalue weighted by molar-refractivity contribution is -0.0161. The van der Waals surface area contributed by atoms with Gasteiger partial charge >= 0.3 is 0 Å². The Hall–Kier alpha value is -0.850. The molecule has 3 aliphatic rings. The van der Waals surface area contributed by atoms with E-state index in [2.05, 4.69) is 32.5 Å². The van der Waals surface area contributed by atoms with E-state index in [1.165, 1.54) is 38.6 Å². The van der Waals surface area contributed by atoms with E-state index in [1.54, 1.807) is 0 Å². The number of likely N-dealkylation sites (tertiary alicyclic amines) is 1. The van der Waals surface area contributed by atoms with Crippen LogP contribution in [0.3, 0.4) is 0 Å². The Morgan fingerprint density at radius 1 is 1.17 bits per heavy atom. The molecule has 2 N–H and O–H groups in total. The summed E-state index contributed by atoms with van der Waals surface area (Å²) >= 11 is 0. The summed E-state index contributed by atoms with van der Waals surface area (Å²) < 4.78 is 5.80. The van der Waals surface area contributed by atoms with E-state index in [9.17, 15) is 0 Å². The normalized spacial score (nSPS) is 31.7. The summed E-state index contributed by atoms with van der Waals surface area (Å²) in [6.07, 6.45) is 7.10. The van der Waals surface area contributed by atoms with Gasteiger partial charge in [-0.15, -0.1) is 0 Å². The zero-order valence-corrected chi connectivity index (χ0v) is 14.8.